The molecule has 0 bridgehead atoms. The van der Waals surface area contributed by atoms with Crippen molar-refractivity contribution in [3.63, 3.8) is 0 Å². The van der Waals surface area contributed by atoms with Crippen molar-refractivity contribution in [3.05, 3.63) is 70.1 Å². The molecule has 0 N–H and O–H groups in total. The fourth-order valence-corrected chi connectivity index (χ4v) is 3.40. The van der Waals surface area contributed by atoms with Gasteiger partial charge in [0.1, 0.15) is 5.69 Å². The summed E-state index contributed by atoms with van der Waals surface area (Å²) in [7, 11) is 0. The number of aromatic nitrogens is 2. The second kappa shape index (κ2) is 8.32. The van der Waals surface area contributed by atoms with Gasteiger partial charge >= 0.3 is 5.97 Å². The summed E-state index contributed by atoms with van der Waals surface area (Å²) < 4.78 is 11.0. The third-order valence-electron chi connectivity index (χ3n) is 4.95. The molecule has 2 aromatic carbocycles. The van der Waals surface area contributed by atoms with Gasteiger partial charge in [0.25, 0.3) is 11.6 Å². The molecular formula is C21H20N4O5. The summed E-state index contributed by atoms with van der Waals surface area (Å²) in [6.07, 6.45) is 1.18. The highest BCUT2D eigenvalue weighted by Crippen LogP contribution is 2.32. The third kappa shape index (κ3) is 4.00. The molecule has 1 aromatic heterocycles. The van der Waals surface area contributed by atoms with Crippen LogP contribution in [-0.2, 0) is 4.74 Å². The van der Waals surface area contributed by atoms with Crippen LogP contribution in [-0.4, -0.2) is 34.2 Å². The van der Waals surface area contributed by atoms with E-state index >= 15 is 0 Å². The number of hydrogen-bond acceptors (Lipinski definition) is 8. The topological polar surface area (TPSA) is 112 Å². The van der Waals surface area contributed by atoms with E-state index in [9.17, 15) is 14.9 Å². The zero-order chi connectivity index (χ0) is 21.1. The van der Waals surface area contributed by atoms with Gasteiger partial charge in [-0.3, -0.25) is 10.1 Å². The van der Waals surface area contributed by atoms with E-state index in [1.807, 2.05) is 35.2 Å². The number of benzene rings is 2. The SMILES string of the molecule is C[C@H](OC(=O)c1ccc(N2CCCC2)c([N+](=O)[O-])c1)c1nnc(-c2ccccc2)o1. The molecule has 0 spiro atoms. The Morgan fingerprint density at radius 3 is 2.60 bits per heavy atom. The van der Waals surface area contributed by atoms with E-state index in [2.05, 4.69) is 10.2 Å². The second-order valence-corrected chi connectivity index (χ2v) is 7.01. The number of ether oxygens (including phenoxy) is 1. The molecular weight excluding hydrogens is 388 g/mol. The lowest BCUT2D eigenvalue weighted by Crippen LogP contribution is -2.19. The summed E-state index contributed by atoms with van der Waals surface area (Å²) in [5.41, 5.74) is 1.26. The number of esters is 1. The normalized spacial score (nSPS) is 14.5. The van der Waals surface area contributed by atoms with Crippen molar-refractivity contribution in [2.45, 2.75) is 25.9 Å². The fraction of sp³-hybridized carbons (Fsp3) is 0.286. The van der Waals surface area contributed by atoms with Crippen LogP contribution in [0.4, 0.5) is 11.4 Å². The van der Waals surface area contributed by atoms with Crippen molar-refractivity contribution in [2.75, 3.05) is 18.0 Å². The van der Waals surface area contributed by atoms with Crippen LogP contribution in [0, 0.1) is 10.1 Å². The Morgan fingerprint density at radius 2 is 1.90 bits per heavy atom. The highest BCUT2D eigenvalue weighted by Gasteiger charge is 2.26. The summed E-state index contributed by atoms with van der Waals surface area (Å²) in [6.45, 7) is 3.14. The van der Waals surface area contributed by atoms with Gasteiger partial charge in [0.2, 0.25) is 5.89 Å². The van der Waals surface area contributed by atoms with E-state index in [1.54, 1.807) is 19.1 Å². The van der Waals surface area contributed by atoms with Gasteiger partial charge in [-0.05, 0) is 44.0 Å². The van der Waals surface area contributed by atoms with Gasteiger partial charge in [-0.2, -0.15) is 0 Å². The summed E-state index contributed by atoms with van der Waals surface area (Å²) >= 11 is 0. The first-order valence-corrected chi connectivity index (χ1v) is 9.66. The zero-order valence-electron chi connectivity index (χ0n) is 16.4. The average molecular weight is 408 g/mol. The van der Waals surface area contributed by atoms with Gasteiger partial charge in [0.05, 0.1) is 10.5 Å². The monoisotopic (exact) mass is 408 g/mol. The summed E-state index contributed by atoms with van der Waals surface area (Å²) in [5.74, 6) is -0.234. The molecule has 4 rings (SSSR count). The van der Waals surface area contributed by atoms with Crippen LogP contribution in [0.5, 0.6) is 0 Å². The Morgan fingerprint density at radius 1 is 1.17 bits per heavy atom. The molecule has 9 heteroatoms. The van der Waals surface area contributed by atoms with Gasteiger partial charge in [0.15, 0.2) is 6.10 Å². The average Bonchev–Trinajstić information content (AvgIpc) is 3.46. The van der Waals surface area contributed by atoms with Gasteiger partial charge in [0, 0.05) is 24.7 Å². The van der Waals surface area contributed by atoms with Gasteiger partial charge < -0.3 is 14.1 Å². The van der Waals surface area contributed by atoms with Gasteiger partial charge in [-0.25, -0.2) is 4.79 Å². The van der Waals surface area contributed by atoms with Crippen LogP contribution in [0.15, 0.2) is 52.9 Å². The number of carbonyl (C=O) groups is 1. The quantitative estimate of drug-likeness (QED) is 0.339. The molecule has 9 nitrogen and oxygen atoms in total. The zero-order valence-corrected chi connectivity index (χ0v) is 16.4. The lowest BCUT2D eigenvalue weighted by Gasteiger charge is -2.18. The van der Waals surface area contributed by atoms with Crippen LogP contribution in [0.1, 0.15) is 42.1 Å². The molecule has 1 fully saturated rings. The minimum atomic E-state index is -0.806. The van der Waals surface area contributed by atoms with E-state index < -0.39 is 17.0 Å². The Hall–Kier alpha value is -3.75. The van der Waals surface area contributed by atoms with E-state index in [-0.39, 0.29) is 17.1 Å². The first-order valence-electron chi connectivity index (χ1n) is 9.66. The lowest BCUT2D eigenvalue weighted by molar-refractivity contribution is -0.384. The molecule has 1 aliphatic heterocycles. The molecule has 30 heavy (non-hydrogen) atoms. The van der Waals surface area contributed by atoms with Crippen molar-refractivity contribution in [1.29, 1.82) is 0 Å². The largest absolute Gasteiger partial charge is 0.449 e. The molecule has 0 aliphatic carbocycles. The molecule has 0 unspecified atom stereocenters. The standard InChI is InChI=1S/C21H20N4O5/c1-14(19-22-23-20(30-19)15-7-3-2-4-8-15)29-21(26)16-9-10-17(18(13-16)25(27)28)24-11-5-6-12-24/h2-4,7-10,13-14H,5-6,11-12H2,1H3/t14-/m0/s1. The third-order valence-corrected chi connectivity index (χ3v) is 4.95. The van der Waals surface area contributed by atoms with Gasteiger partial charge in [-0.1, -0.05) is 18.2 Å². The Bertz CT molecular complexity index is 1060. The maximum Gasteiger partial charge on any atom is 0.339 e. The Labute approximate surface area is 172 Å². The molecule has 1 aliphatic rings. The van der Waals surface area contributed by atoms with Crippen LogP contribution in [0.3, 0.4) is 0 Å². The number of rotatable bonds is 6. The van der Waals surface area contributed by atoms with Gasteiger partial charge in [-0.15, -0.1) is 10.2 Å². The number of carbonyl (C=O) groups excluding carboxylic acids is 1. The van der Waals surface area contributed by atoms with Crippen LogP contribution < -0.4 is 4.90 Å². The van der Waals surface area contributed by atoms with Crippen molar-refractivity contribution in [2.24, 2.45) is 0 Å². The molecule has 0 radical (unpaired) electrons. The Balaban J connectivity index is 1.50. The van der Waals surface area contributed by atoms with E-state index in [1.165, 1.54) is 6.07 Å². The molecule has 154 valence electrons. The van der Waals surface area contributed by atoms with E-state index in [0.717, 1.165) is 31.5 Å². The molecule has 1 saturated heterocycles. The molecule has 1 atom stereocenters. The maximum absolute atomic E-state index is 12.6. The Kier molecular flexibility index (Phi) is 5.42. The summed E-state index contributed by atoms with van der Waals surface area (Å²) in [6, 6.07) is 13.6. The molecule has 0 amide bonds. The number of nitro groups is 1. The smallest absolute Gasteiger partial charge is 0.339 e. The van der Waals surface area contributed by atoms with E-state index in [0.29, 0.717) is 11.6 Å². The van der Waals surface area contributed by atoms with E-state index in [4.69, 9.17) is 9.15 Å². The first kappa shape index (κ1) is 19.6. The highest BCUT2D eigenvalue weighted by molar-refractivity contribution is 5.91. The fourth-order valence-electron chi connectivity index (χ4n) is 3.40. The minimum absolute atomic E-state index is 0.0966. The first-order chi connectivity index (χ1) is 14.5. The van der Waals surface area contributed by atoms with Crippen LogP contribution in [0.2, 0.25) is 0 Å². The van der Waals surface area contributed by atoms with Crippen molar-refractivity contribution in [3.8, 4) is 11.5 Å². The molecule has 2 heterocycles. The maximum atomic E-state index is 12.6. The summed E-state index contributed by atoms with van der Waals surface area (Å²) in [4.78, 5) is 25.6. The highest BCUT2D eigenvalue weighted by atomic mass is 16.6. The van der Waals surface area contributed by atoms with Crippen molar-refractivity contribution in [1.82, 2.24) is 10.2 Å². The molecule has 0 saturated carbocycles. The van der Waals surface area contributed by atoms with Crippen molar-refractivity contribution < 1.29 is 18.9 Å². The predicted molar refractivity (Wildman–Crippen MR) is 108 cm³/mol. The number of anilines is 1. The number of hydrogen-bond donors (Lipinski definition) is 0. The van der Waals surface area contributed by atoms with Crippen LogP contribution in [0.25, 0.3) is 11.5 Å². The number of nitro benzene ring substituents is 1. The molecule has 3 aromatic rings. The van der Waals surface area contributed by atoms with Crippen molar-refractivity contribution >= 4 is 17.3 Å². The predicted octanol–water partition coefficient (Wildman–Crippen LogP) is 4.16. The lowest BCUT2D eigenvalue weighted by atomic mass is 10.1. The van der Waals surface area contributed by atoms with Crippen LogP contribution >= 0.6 is 0 Å². The summed E-state index contributed by atoms with van der Waals surface area (Å²) in [5, 5.41) is 19.4. The minimum Gasteiger partial charge on any atom is -0.449 e. The second-order valence-electron chi connectivity index (χ2n) is 7.01. The number of nitrogens with zero attached hydrogens (tertiary/aromatic N) is 4.